The number of anilines is 3. The molecule has 0 aliphatic heterocycles. The first-order valence-electron chi connectivity index (χ1n) is 13.6. The Hall–Kier alpha value is -5.21. The zero-order valence-electron chi connectivity index (χ0n) is 25.4. The van der Waals surface area contributed by atoms with Gasteiger partial charge in [-0.1, -0.05) is 18.2 Å². The van der Waals surface area contributed by atoms with Crippen molar-refractivity contribution >= 4 is 86.2 Å². The van der Waals surface area contributed by atoms with Crippen LogP contribution in [0, 0.1) is 0 Å². The molecular formula is C27H25N7O13S4. The molecule has 4 aromatic carbocycles. The lowest BCUT2D eigenvalue weighted by Gasteiger charge is -2.10. The monoisotopic (exact) mass is 783 g/mol. The third kappa shape index (κ3) is 10.2. The van der Waals surface area contributed by atoms with Crippen LogP contribution in [0.5, 0.6) is 0 Å². The Morgan fingerprint density at radius 2 is 1.31 bits per heavy atom. The normalized spacial score (nSPS) is 12.8. The third-order valence-corrected chi connectivity index (χ3v) is 10.4. The third-order valence-electron chi connectivity index (χ3n) is 6.44. The highest BCUT2D eigenvalue weighted by atomic mass is 32.3. The molecule has 0 aliphatic rings. The van der Waals surface area contributed by atoms with Crippen molar-refractivity contribution in [3.05, 3.63) is 84.4 Å². The minimum atomic E-state index is -5.00. The number of rotatable bonds is 13. The van der Waals surface area contributed by atoms with Crippen molar-refractivity contribution in [3.8, 4) is 0 Å². The van der Waals surface area contributed by atoms with E-state index in [1.54, 1.807) is 0 Å². The maximum atomic E-state index is 12.9. The van der Waals surface area contributed by atoms with Gasteiger partial charge in [0, 0.05) is 11.3 Å². The van der Waals surface area contributed by atoms with E-state index in [-0.39, 0.29) is 27.5 Å². The Labute approximate surface area is 290 Å². The predicted octanol–water partition coefficient (Wildman–Crippen LogP) is 4.02. The second kappa shape index (κ2) is 15.0. The molecule has 1 amide bonds. The largest absolute Gasteiger partial charge is 0.397 e. The standard InChI is InChI=1S/C27H25N7O13S4/c28-24-21(33-32-20-6-1-2-7-22(20)49(38,39)40)15-23(50(41,42)43)25(29)26(24)34-31-18-5-3-4-16(14-18)27(35)30-17-8-10-19(11-9-17)48(36,37)13-12-47-51(44,45)46/h1-11,14-15H,12-13,28-29H2,(H,30,35)(H,38,39,40)(H,41,42,43)(H,44,45,46). The molecule has 8 N–H and O–H groups in total. The molecule has 0 aliphatic carbocycles. The van der Waals surface area contributed by atoms with Gasteiger partial charge in [-0.2, -0.15) is 30.4 Å². The summed E-state index contributed by atoms with van der Waals surface area (Å²) in [6.07, 6.45) is 0. The van der Waals surface area contributed by atoms with Crippen LogP contribution in [0.25, 0.3) is 0 Å². The molecule has 20 nitrogen and oxygen atoms in total. The summed E-state index contributed by atoms with van der Waals surface area (Å²) in [5.74, 6) is -1.43. The van der Waals surface area contributed by atoms with Crippen molar-refractivity contribution in [1.82, 2.24) is 0 Å². The quantitative estimate of drug-likeness (QED) is 0.0633. The van der Waals surface area contributed by atoms with E-state index in [4.69, 9.17) is 16.0 Å². The second-order valence-corrected chi connectivity index (χ2v) is 16.0. The van der Waals surface area contributed by atoms with Gasteiger partial charge in [0.05, 0.1) is 34.3 Å². The molecule has 270 valence electrons. The molecule has 0 saturated heterocycles. The topological polar surface area (TPSA) is 337 Å². The molecule has 0 heterocycles. The Balaban J connectivity index is 1.59. The minimum Gasteiger partial charge on any atom is -0.396 e. The molecule has 4 rings (SSSR count). The van der Waals surface area contributed by atoms with Crippen LogP contribution in [-0.4, -0.2) is 65.6 Å². The van der Waals surface area contributed by atoms with Gasteiger partial charge in [-0.3, -0.25) is 18.5 Å². The second-order valence-electron chi connectivity index (χ2n) is 9.99. The summed E-state index contributed by atoms with van der Waals surface area (Å²) < 4.78 is 125. The number of carbonyl (C=O) groups excluding carboxylic acids is 1. The van der Waals surface area contributed by atoms with Crippen molar-refractivity contribution in [2.75, 3.05) is 29.1 Å². The van der Waals surface area contributed by atoms with Crippen molar-refractivity contribution in [3.63, 3.8) is 0 Å². The van der Waals surface area contributed by atoms with Gasteiger partial charge in [-0.15, -0.1) is 15.3 Å². The van der Waals surface area contributed by atoms with Gasteiger partial charge < -0.3 is 16.8 Å². The number of hydrogen-bond donors (Lipinski definition) is 6. The van der Waals surface area contributed by atoms with Gasteiger partial charge in [-0.25, -0.2) is 12.6 Å². The minimum absolute atomic E-state index is 0.0255. The molecular weight excluding hydrogens is 759 g/mol. The van der Waals surface area contributed by atoms with E-state index in [1.807, 2.05) is 0 Å². The molecule has 0 atom stereocenters. The van der Waals surface area contributed by atoms with Crippen LogP contribution >= 0.6 is 0 Å². The first kappa shape index (κ1) is 38.6. The maximum Gasteiger partial charge on any atom is 0.397 e. The molecule has 4 aromatic rings. The van der Waals surface area contributed by atoms with Crippen LogP contribution in [0.3, 0.4) is 0 Å². The molecule has 0 aromatic heterocycles. The lowest BCUT2D eigenvalue weighted by Crippen LogP contribution is -2.15. The number of benzene rings is 4. The van der Waals surface area contributed by atoms with E-state index in [0.29, 0.717) is 0 Å². The fraction of sp³-hybridized carbons (Fsp3) is 0.0741. The number of nitrogen functional groups attached to an aromatic ring is 2. The zero-order chi connectivity index (χ0) is 37.8. The van der Waals surface area contributed by atoms with E-state index < -0.39 is 91.3 Å². The highest BCUT2D eigenvalue weighted by Crippen LogP contribution is 2.43. The first-order chi connectivity index (χ1) is 23.7. The number of carbonyl (C=O) groups is 1. The molecule has 24 heteroatoms. The highest BCUT2D eigenvalue weighted by Gasteiger charge is 2.23. The summed E-state index contributed by atoms with van der Waals surface area (Å²) in [6, 6.07) is 16.0. The van der Waals surface area contributed by atoms with Gasteiger partial charge in [0.2, 0.25) is 0 Å². The summed E-state index contributed by atoms with van der Waals surface area (Å²) in [5, 5.41) is 17.9. The lowest BCUT2D eigenvalue weighted by molar-refractivity contribution is 0.102. The number of hydrogen-bond acceptors (Lipinski definition) is 16. The number of nitrogens with one attached hydrogen (secondary N) is 1. The average molecular weight is 784 g/mol. The van der Waals surface area contributed by atoms with E-state index in [1.165, 1.54) is 54.6 Å². The number of amides is 1. The van der Waals surface area contributed by atoms with E-state index in [9.17, 15) is 47.6 Å². The maximum absolute atomic E-state index is 12.9. The van der Waals surface area contributed by atoms with Crippen LogP contribution in [0.1, 0.15) is 10.4 Å². The molecule has 0 radical (unpaired) electrons. The first-order valence-corrected chi connectivity index (χ1v) is 19.5. The molecule has 51 heavy (non-hydrogen) atoms. The molecule has 0 unspecified atom stereocenters. The average Bonchev–Trinajstić information content (AvgIpc) is 3.03. The summed E-state index contributed by atoms with van der Waals surface area (Å²) in [6.45, 7) is -0.820. The van der Waals surface area contributed by atoms with E-state index in [0.717, 1.165) is 24.3 Å². The van der Waals surface area contributed by atoms with Gasteiger partial charge >= 0.3 is 10.4 Å². The summed E-state index contributed by atoms with van der Waals surface area (Å²) >= 11 is 0. The van der Waals surface area contributed by atoms with Crippen LogP contribution in [0.4, 0.5) is 39.8 Å². The van der Waals surface area contributed by atoms with Gasteiger partial charge in [0.1, 0.15) is 26.9 Å². The SMILES string of the molecule is Nc1c(N=Nc2ccccc2S(=O)(=O)O)cc(S(=O)(=O)O)c(N)c1N=Nc1cccc(C(=O)Nc2ccc(S(=O)(=O)CCOS(=O)(=O)O)cc2)c1. The van der Waals surface area contributed by atoms with Crippen LogP contribution in [0.2, 0.25) is 0 Å². The Bertz CT molecular complexity index is 2510. The van der Waals surface area contributed by atoms with Gasteiger partial charge in [0.25, 0.3) is 26.1 Å². The van der Waals surface area contributed by atoms with E-state index in [2.05, 4.69) is 30.0 Å². The van der Waals surface area contributed by atoms with E-state index >= 15 is 0 Å². The molecule has 0 saturated carbocycles. The molecule has 0 fully saturated rings. The van der Waals surface area contributed by atoms with Gasteiger partial charge in [0.15, 0.2) is 9.84 Å². The lowest BCUT2D eigenvalue weighted by atomic mass is 10.2. The van der Waals surface area contributed by atoms with Crippen LogP contribution < -0.4 is 16.8 Å². The van der Waals surface area contributed by atoms with Crippen molar-refractivity contribution in [1.29, 1.82) is 0 Å². The fourth-order valence-electron chi connectivity index (χ4n) is 4.07. The number of nitrogens with two attached hydrogens (primary N) is 2. The predicted molar refractivity (Wildman–Crippen MR) is 180 cm³/mol. The Morgan fingerprint density at radius 1 is 0.686 bits per heavy atom. The fourth-order valence-corrected chi connectivity index (χ4v) is 6.81. The van der Waals surface area contributed by atoms with Gasteiger partial charge in [-0.05, 0) is 60.7 Å². The molecule has 0 spiro atoms. The number of azo groups is 2. The number of sulfone groups is 1. The number of nitrogens with zero attached hydrogens (tertiary/aromatic N) is 4. The molecule has 0 bridgehead atoms. The van der Waals surface area contributed by atoms with Crippen LogP contribution in [0.15, 0.2) is 114 Å². The van der Waals surface area contributed by atoms with Crippen molar-refractivity contribution in [2.45, 2.75) is 14.7 Å². The Kier molecular flexibility index (Phi) is 11.3. The smallest absolute Gasteiger partial charge is 0.396 e. The Morgan fingerprint density at radius 3 is 1.94 bits per heavy atom. The van der Waals surface area contributed by atoms with Crippen LogP contribution in [-0.2, 0) is 44.7 Å². The summed E-state index contributed by atoms with van der Waals surface area (Å²) in [5.41, 5.74) is 9.98. The summed E-state index contributed by atoms with van der Waals surface area (Å²) in [7, 11) is -18.6. The van der Waals surface area contributed by atoms with Crippen molar-refractivity contribution in [2.24, 2.45) is 20.5 Å². The van der Waals surface area contributed by atoms with Crippen molar-refractivity contribution < 1.29 is 56.3 Å². The highest BCUT2D eigenvalue weighted by molar-refractivity contribution is 7.91. The zero-order valence-corrected chi connectivity index (χ0v) is 28.7. The summed E-state index contributed by atoms with van der Waals surface area (Å²) in [4.78, 5) is 11.2.